The zero-order chi connectivity index (χ0) is 35.3. The minimum Gasteiger partial charge on any atom is -0.507 e. The van der Waals surface area contributed by atoms with E-state index in [2.05, 4.69) is 101 Å². The van der Waals surface area contributed by atoms with Crippen LogP contribution in [0.1, 0.15) is 0 Å². The Morgan fingerprint density at radius 1 is 0.537 bits per heavy atom. The van der Waals surface area contributed by atoms with Gasteiger partial charge in [0.05, 0.1) is 22.3 Å². The first kappa shape index (κ1) is 33.3. The topological polar surface area (TPSA) is 64.1 Å². The minimum absolute atomic E-state index is 0. The van der Waals surface area contributed by atoms with Gasteiger partial charge in [0, 0.05) is 49.3 Å². The second kappa shape index (κ2) is 13.8. The van der Waals surface area contributed by atoms with Gasteiger partial charge in [-0.15, -0.1) is 23.8 Å². The van der Waals surface area contributed by atoms with Crippen LogP contribution in [0.4, 0.5) is 0 Å². The fourth-order valence-electron chi connectivity index (χ4n) is 7.38. The van der Waals surface area contributed by atoms with E-state index >= 15 is 0 Å². The van der Waals surface area contributed by atoms with Gasteiger partial charge in [0.1, 0.15) is 22.7 Å². The zero-order valence-corrected chi connectivity index (χ0v) is 31.0. The summed E-state index contributed by atoms with van der Waals surface area (Å²) in [5.74, 6) is 0.717. The van der Waals surface area contributed by atoms with Gasteiger partial charge in [-0.1, -0.05) is 138 Å². The number of hydrogen-bond acceptors (Lipinski definition) is 4. The van der Waals surface area contributed by atoms with Crippen LogP contribution in [0, 0.1) is 6.07 Å². The van der Waals surface area contributed by atoms with Crippen LogP contribution >= 0.6 is 0 Å². The number of aromatic nitrogens is 3. The van der Waals surface area contributed by atoms with Crippen molar-refractivity contribution in [3.63, 3.8) is 0 Å². The van der Waals surface area contributed by atoms with Gasteiger partial charge in [-0.05, 0) is 47.5 Å². The summed E-state index contributed by atoms with van der Waals surface area (Å²) in [6.07, 6.45) is 1.81. The number of pyridine rings is 1. The maximum Gasteiger partial charge on any atom is 0.148 e. The maximum absolute atomic E-state index is 11.8. The molecule has 0 radical (unpaired) electrons. The molecule has 10 rings (SSSR count). The van der Waals surface area contributed by atoms with Crippen LogP contribution in [0.15, 0.2) is 180 Å². The molecule has 0 bridgehead atoms. The summed E-state index contributed by atoms with van der Waals surface area (Å²) in [6, 6.07) is 60.8. The molecular formula is C48H30N3O2Pt-. The molecule has 0 aliphatic carbocycles. The van der Waals surface area contributed by atoms with Crippen LogP contribution in [0.2, 0.25) is 0 Å². The summed E-state index contributed by atoms with van der Waals surface area (Å²) in [5, 5.41) is 13.6. The predicted octanol–water partition coefficient (Wildman–Crippen LogP) is 12.2. The standard InChI is InChI=1S/C48H30N3O2.Pt/c52-44-29-39-38-19-8-10-24-45(38)53-46(39)30-40(44)48-50-47-37(20-13-23-43(47)51(48)42-22-9-7-18-36(42)32-16-5-2-6-17-32)34-26-33(31-14-3-1-4-15-31)27-35(28-34)41-21-11-12-25-49-41;/h1-27,29-30,52H;/q-1;. The molecule has 0 unspecified atom stereocenters. The summed E-state index contributed by atoms with van der Waals surface area (Å²) in [7, 11) is 0. The van der Waals surface area contributed by atoms with E-state index in [1.54, 1.807) is 6.07 Å². The number of aromatic hydroxyl groups is 1. The average molecular weight is 876 g/mol. The van der Waals surface area contributed by atoms with E-state index in [1.165, 1.54) is 0 Å². The van der Waals surface area contributed by atoms with E-state index in [0.717, 1.165) is 77.7 Å². The van der Waals surface area contributed by atoms with Gasteiger partial charge in [-0.25, -0.2) is 4.98 Å². The van der Waals surface area contributed by atoms with E-state index in [0.29, 0.717) is 17.0 Å². The second-order valence-electron chi connectivity index (χ2n) is 13.1. The number of benzene rings is 7. The molecule has 0 atom stereocenters. The zero-order valence-electron chi connectivity index (χ0n) is 28.8. The SMILES string of the molecule is Oc1cc2c(cc1-c1nc3c(-c4[c-]c(-c5ccccn5)cc(-c5ccccc5)c4)cccc3n1-c1ccccc1-c1ccccc1)oc1ccccc12.[Pt]. The molecule has 260 valence electrons. The van der Waals surface area contributed by atoms with E-state index in [9.17, 15) is 5.11 Å². The van der Waals surface area contributed by atoms with Crippen LogP contribution in [0.25, 0.3) is 94.7 Å². The first-order valence-electron chi connectivity index (χ1n) is 17.5. The first-order valence-corrected chi connectivity index (χ1v) is 17.5. The van der Waals surface area contributed by atoms with Crippen molar-refractivity contribution in [2.75, 3.05) is 0 Å². The van der Waals surface area contributed by atoms with Gasteiger partial charge in [0.25, 0.3) is 0 Å². The molecule has 0 spiro atoms. The Morgan fingerprint density at radius 2 is 1.24 bits per heavy atom. The molecule has 0 aliphatic rings. The smallest absolute Gasteiger partial charge is 0.148 e. The molecule has 5 nitrogen and oxygen atoms in total. The third kappa shape index (κ3) is 5.71. The molecule has 0 aliphatic heterocycles. The molecule has 0 fully saturated rings. The van der Waals surface area contributed by atoms with Crippen molar-refractivity contribution in [3.05, 3.63) is 182 Å². The quantitative estimate of drug-likeness (QED) is 0.169. The van der Waals surface area contributed by atoms with E-state index in [4.69, 9.17) is 9.40 Å². The number of phenolic OH excluding ortho intramolecular Hbond substituents is 1. The van der Waals surface area contributed by atoms with E-state index < -0.39 is 0 Å². The van der Waals surface area contributed by atoms with Crippen molar-refractivity contribution >= 4 is 33.0 Å². The third-order valence-corrected chi connectivity index (χ3v) is 9.86. The number of hydrogen-bond donors (Lipinski definition) is 1. The molecule has 10 aromatic rings. The van der Waals surface area contributed by atoms with Gasteiger partial charge in [-0.2, -0.15) is 0 Å². The number of furan rings is 1. The molecule has 1 N–H and O–H groups in total. The Bertz CT molecular complexity index is 2900. The first-order chi connectivity index (χ1) is 26.2. The average Bonchev–Trinajstić information content (AvgIpc) is 3.79. The van der Waals surface area contributed by atoms with Crippen molar-refractivity contribution in [2.45, 2.75) is 0 Å². The molecule has 54 heavy (non-hydrogen) atoms. The summed E-state index contributed by atoms with van der Waals surface area (Å²) < 4.78 is 8.48. The Morgan fingerprint density at radius 3 is 2.06 bits per heavy atom. The molecule has 7 aromatic carbocycles. The monoisotopic (exact) mass is 875 g/mol. The normalized spacial score (nSPS) is 11.3. The van der Waals surface area contributed by atoms with Gasteiger partial charge in [0.15, 0.2) is 0 Å². The van der Waals surface area contributed by atoms with Crippen molar-refractivity contribution in [1.82, 2.24) is 14.5 Å². The molecule has 0 amide bonds. The Labute approximate surface area is 326 Å². The maximum atomic E-state index is 11.8. The van der Waals surface area contributed by atoms with Crippen LogP contribution in [-0.2, 0) is 21.1 Å². The number of fused-ring (bicyclic) bond motifs is 4. The Balaban J connectivity index is 0.00000384. The number of phenols is 1. The number of rotatable bonds is 6. The molecule has 0 saturated heterocycles. The predicted molar refractivity (Wildman–Crippen MR) is 214 cm³/mol. The summed E-state index contributed by atoms with van der Waals surface area (Å²) in [4.78, 5) is 10.1. The second-order valence-corrected chi connectivity index (χ2v) is 13.1. The third-order valence-electron chi connectivity index (χ3n) is 9.86. The summed E-state index contributed by atoms with van der Waals surface area (Å²) >= 11 is 0. The van der Waals surface area contributed by atoms with Crippen LogP contribution < -0.4 is 0 Å². The van der Waals surface area contributed by atoms with Crippen molar-refractivity contribution in [1.29, 1.82) is 0 Å². The molecule has 0 saturated carbocycles. The van der Waals surface area contributed by atoms with Gasteiger partial charge in [0.2, 0.25) is 0 Å². The summed E-state index contributed by atoms with van der Waals surface area (Å²) in [6.45, 7) is 0. The molecule has 6 heteroatoms. The molecule has 3 aromatic heterocycles. The van der Waals surface area contributed by atoms with Crippen molar-refractivity contribution in [2.24, 2.45) is 0 Å². The van der Waals surface area contributed by atoms with Crippen molar-refractivity contribution < 1.29 is 30.6 Å². The Kier molecular flexibility index (Phi) is 8.49. The van der Waals surface area contributed by atoms with Crippen LogP contribution in [0.5, 0.6) is 5.75 Å². The fraction of sp³-hybridized carbons (Fsp3) is 0. The Hall–Kier alpha value is -6.55. The van der Waals surface area contributed by atoms with Crippen molar-refractivity contribution in [3.8, 4) is 67.5 Å². The van der Waals surface area contributed by atoms with E-state index in [-0.39, 0.29) is 26.8 Å². The van der Waals surface area contributed by atoms with E-state index in [1.807, 2.05) is 85.1 Å². The molecular weight excluding hydrogens is 846 g/mol. The van der Waals surface area contributed by atoms with Gasteiger partial charge in [-0.3, -0.25) is 9.55 Å². The van der Waals surface area contributed by atoms with Gasteiger partial charge >= 0.3 is 0 Å². The minimum atomic E-state index is 0. The number of imidazole rings is 1. The van der Waals surface area contributed by atoms with Crippen LogP contribution in [-0.4, -0.2) is 19.6 Å². The molecule has 3 heterocycles. The number of para-hydroxylation sites is 3. The largest absolute Gasteiger partial charge is 0.507 e. The number of nitrogens with zero attached hydrogens (tertiary/aromatic N) is 3. The van der Waals surface area contributed by atoms with Crippen LogP contribution in [0.3, 0.4) is 0 Å². The fourth-order valence-corrected chi connectivity index (χ4v) is 7.38. The summed E-state index contributed by atoms with van der Waals surface area (Å²) in [5.41, 5.74) is 12.4. The van der Waals surface area contributed by atoms with Gasteiger partial charge < -0.3 is 9.52 Å².